The molecule has 0 unspecified atom stereocenters. The summed E-state index contributed by atoms with van der Waals surface area (Å²) in [6, 6.07) is 5.26. The number of carbonyl (C=O) groups excluding carboxylic acids is 1. The SMILES string of the molecule is CCCCC1(CCCC)N=C(N)N(Cc2cc(Cl)cc(Cl)c2)C1=O. The second kappa shape index (κ2) is 8.21. The van der Waals surface area contributed by atoms with Crippen LogP contribution in [0.3, 0.4) is 0 Å². The summed E-state index contributed by atoms with van der Waals surface area (Å²) in [5.41, 5.74) is 6.25. The van der Waals surface area contributed by atoms with E-state index in [9.17, 15) is 4.79 Å². The molecule has 2 rings (SSSR count). The molecule has 1 aromatic carbocycles. The van der Waals surface area contributed by atoms with Crippen LogP contribution in [-0.2, 0) is 11.3 Å². The zero-order valence-electron chi connectivity index (χ0n) is 14.3. The molecule has 0 radical (unpaired) electrons. The maximum atomic E-state index is 13.1. The molecule has 1 aliphatic heterocycles. The van der Waals surface area contributed by atoms with Gasteiger partial charge in [0.15, 0.2) is 5.96 Å². The molecule has 4 nitrogen and oxygen atoms in total. The van der Waals surface area contributed by atoms with Gasteiger partial charge in [-0.1, -0.05) is 62.7 Å². The lowest BCUT2D eigenvalue weighted by Crippen LogP contribution is -2.44. The van der Waals surface area contributed by atoms with Crippen molar-refractivity contribution >= 4 is 35.1 Å². The summed E-state index contributed by atoms with van der Waals surface area (Å²) in [4.78, 5) is 19.3. The molecule has 2 N–H and O–H groups in total. The van der Waals surface area contributed by atoms with Crippen LogP contribution in [-0.4, -0.2) is 22.3 Å². The van der Waals surface area contributed by atoms with Crippen molar-refractivity contribution < 1.29 is 4.79 Å². The zero-order valence-corrected chi connectivity index (χ0v) is 15.8. The number of unbranched alkanes of at least 4 members (excludes halogenated alkanes) is 2. The van der Waals surface area contributed by atoms with Crippen LogP contribution >= 0.6 is 23.2 Å². The third-order valence-corrected chi connectivity index (χ3v) is 4.84. The molecule has 0 fully saturated rings. The summed E-state index contributed by atoms with van der Waals surface area (Å²) < 4.78 is 0. The molecule has 0 aromatic heterocycles. The number of aliphatic imine (C=N–C) groups is 1. The molecule has 0 saturated carbocycles. The first-order chi connectivity index (χ1) is 11.4. The van der Waals surface area contributed by atoms with Crippen LogP contribution in [0.4, 0.5) is 0 Å². The lowest BCUT2D eigenvalue weighted by Gasteiger charge is -2.26. The van der Waals surface area contributed by atoms with Crippen LogP contribution in [0.2, 0.25) is 10.0 Å². The molecule has 1 aromatic rings. The smallest absolute Gasteiger partial charge is 0.257 e. The Hall–Kier alpha value is -1.26. The first-order valence-corrected chi connectivity index (χ1v) is 9.29. The molecule has 1 aliphatic rings. The highest BCUT2D eigenvalue weighted by molar-refractivity contribution is 6.34. The summed E-state index contributed by atoms with van der Waals surface area (Å²) in [6.45, 7) is 4.58. The molecule has 0 aliphatic carbocycles. The number of hydrogen-bond acceptors (Lipinski definition) is 3. The summed E-state index contributed by atoms with van der Waals surface area (Å²) in [5.74, 6) is 0.293. The Morgan fingerprint density at radius 3 is 2.12 bits per heavy atom. The minimum absolute atomic E-state index is 0.00185. The van der Waals surface area contributed by atoms with Gasteiger partial charge in [-0.3, -0.25) is 9.69 Å². The Balaban J connectivity index is 2.23. The predicted octanol–water partition coefficient (Wildman–Crippen LogP) is 4.77. The highest BCUT2D eigenvalue weighted by Crippen LogP contribution is 2.34. The van der Waals surface area contributed by atoms with E-state index >= 15 is 0 Å². The summed E-state index contributed by atoms with van der Waals surface area (Å²) in [5, 5.41) is 1.09. The van der Waals surface area contributed by atoms with Crippen molar-refractivity contribution in [2.24, 2.45) is 10.7 Å². The van der Waals surface area contributed by atoms with Crippen molar-refractivity contribution in [3.63, 3.8) is 0 Å². The topological polar surface area (TPSA) is 58.7 Å². The minimum atomic E-state index is -0.696. The molecule has 0 atom stereocenters. The second-order valence-corrected chi connectivity index (χ2v) is 7.25. The Morgan fingerprint density at radius 1 is 1.08 bits per heavy atom. The fourth-order valence-electron chi connectivity index (χ4n) is 3.11. The van der Waals surface area contributed by atoms with Gasteiger partial charge in [0, 0.05) is 10.0 Å². The zero-order chi connectivity index (χ0) is 17.7. The van der Waals surface area contributed by atoms with Crippen LogP contribution in [0, 0.1) is 0 Å². The van der Waals surface area contributed by atoms with Crippen LogP contribution in [0.25, 0.3) is 0 Å². The lowest BCUT2D eigenvalue weighted by molar-refractivity contribution is -0.132. The van der Waals surface area contributed by atoms with Crippen LogP contribution < -0.4 is 5.73 Å². The van der Waals surface area contributed by atoms with Crippen molar-refractivity contribution in [3.05, 3.63) is 33.8 Å². The van der Waals surface area contributed by atoms with Gasteiger partial charge in [-0.05, 0) is 36.6 Å². The van der Waals surface area contributed by atoms with Gasteiger partial charge in [0.2, 0.25) is 0 Å². The highest BCUT2D eigenvalue weighted by Gasteiger charge is 2.46. The van der Waals surface area contributed by atoms with E-state index in [1.807, 2.05) is 0 Å². The summed E-state index contributed by atoms with van der Waals surface area (Å²) in [7, 11) is 0. The molecule has 24 heavy (non-hydrogen) atoms. The molecule has 0 saturated heterocycles. The number of nitrogens with zero attached hydrogens (tertiary/aromatic N) is 2. The van der Waals surface area contributed by atoms with Crippen LogP contribution in [0.15, 0.2) is 23.2 Å². The standard InChI is InChI=1S/C18H25Cl2N3O/c1-3-5-7-18(8-6-4-2)16(24)23(17(21)22-18)12-13-9-14(19)11-15(20)10-13/h9-11H,3-8,12H2,1-2H3,(H2,21,22). The molecule has 6 heteroatoms. The van der Waals surface area contributed by atoms with Gasteiger partial charge >= 0.3 is 0 Å². The molecule has 1 amide bonds. The Bertz CT molecular complexity index is 602. The van der Waals surface area contributed by atoms with E-state index in [2.05, 4.69) is 18.8 Å². The fraction of sp³-hybridized carbons (Fsp3) is 0.556. The van der Waals surface area contributed by atoms with Gasteiger partial charge in [-0.15, -0.1) is 0 Å². The average molecular weight is 370 g/mol. The van der Waals surface area contributed by atoms with Gasteiger partial charge < -0.3 is 5.73 Å². The van der Waals surface area contributed by atoms with E-state index in [4.69, 9.17) is 28.9 Å². The van der Waals surface area contributed by atoms with E-state index in [0.717, 1.165) is 44.1 Å². The van der Waals surface area contributed by atoms with Gasteiger partial charge in [-0.25, -0.2) is 4.99 Å². The van der Waals surface area contributed by atoms with E-state index in [1.165, 1.54) is 0 Å². The lowest BCUT2D eigenvalue weighted by atomic mass is 9.87. The number of carbonyl (C=O) groups is 1. The van der Waals surface area contributed by atoms with Crippen molar-refractivity contribution in [2.45, 2.75) is 64.5 Å². The number of halogens is 2. The summed E-state index contributed by atoms with van der Waals surface area (Å²) >= 11 is 12.1. The number of benzene rings is 1. The number of nitrogens with two attached hydrogens (primary N) is 1. The van der Waals surface area contributed by atoms with Crippen LogP contribution in [0.1, 0.15) is 57.9 Å². The maximum Gasteiger partial charge on any atom is 0.257 e. The van der Waals surface area contributed by atoms with Crippen molar-refractivity contribution in [2.75, 3.05) is 0 Å². The van der Waals surface area contributed by atoms with E-state index in [-0.39, 0.29) is 5.91 Å². The van der Waals surface area contributed by atoms with Gasteiger partial charge in [0.1, 0.15) is 5.54 Å². The molecule has 0 spiro atoms. The van der Waals surface area contributed by atoms with E-state index in [1.54, 1.807) is 23.1 Å². The highest BCUT2D eigenvalue weighted by atomic mass is 35.5. The largest absolute Gasteiger partial charge is 0.369 e. The normalized spacial score (nSPS) is 16.6. The van der Waals surface area contributed by atoms with Crippen molar-refractivity contribution in [3.8, 4) is 0 Å². The van der Waals surface area contributed by atoms with Crippen LogP contribution in [0.5, 0.6) is 0 Å². The summed E-state index contributed by atoms with van der Waals surface area (Å²) in [6.07, 6.45) is 5.47. The molecular weight excluding hydrogens is 345 g/mol. The van der Waals surface area contributed by atoms with Gasteiger partial charge in [0.25, 0.3) is 5.91 Å². The monoisotopic (exact) mass is 369 g/mol. The predicted molar refractivity (Wildman–Crippen MR) is 100 cm³/mol. The first kappa shape index (κ1) is 19.1. The van der Waals surface area contributed by atoms with E-state index in [0.29, 0.717) is 22.5 Å². The molecule has 0 bridgehead atoms. The first-order valence-electron chi connectivity index (χ1n) is 8.54. The molecular formula is C18H25Cl2N3O. The number of rotatable bonds is 8. The Morgan fingerprint density at radius 2 is 1.62 bits per heavy atom. The minimum Gasteiger partial charge on any atom is -0.369 e. The fourth-order valence-corrected chi connectivity index (χ4v) is 3.68. The Kier molecular flexibility index (Phi) is 6.53. The Labute approximate surface area is 154 Å². The molecule has 1 heterocycles. The van der Waals surface area contributed by atoms with Crippen molar-refractivity contribution in [1.82, 2.24) is 4.90 Å². The number of amides is 1. The van der Waals surface area contributed by atoms with Gasteiger partial charge in [-0.2, -0.15) is 0 Å². The van der Waals surface area contributed by atoms with Crippen molar-refractivity contribution in [1.29, 1.82) is 0 Å². The second-order valence-electron chi connectivity index (χ2n) is 6.38. The third kappa shape index (κ3) is 4.22. The molecule has 132 valence electrons. The average Bonchev–Trinajstić information content (AvgIpc) is 2.75. The number of hydrogen-bond donors (Lipinski definition) is 1. The quantitative estimate of drug-likeness (QED) is 0.717. The maximum absolute atomic E-state index is 13.1. The van der Waals surface area contributed by atoms with E-state index < -0.39 is 5.54 Å². The van der Waals surface area contributed by atoms with Gasteiger partial charge in [0.05, 0.1) is 6.54 Å². The number of guanidine groups is 1. The third-order valence-electron chi connectivity index (χ3n) is 4.40.